The van der Waals surface area contributed by atoms with Crippen molar-refractivity contribution in [2.24, 2.45) is 23.7 Å². The lowest BCUT2D eigenvalue weighted by molar-refractivity contribution is -0.465. The first-order chi connectivity index (χ1) is 19.9. The third-order valence-electron chi connectivity index (χ3n) is 9.35. The highest BCUT2D eigenvalue weighted by Crippen LogP contribution is 2.51. The third-order valence-corrected chi connectivity index (χ3v) is 9.35. The van der Waals surface area contributed by atoms with E-state index in [0.29, 0.717) is 32.0 Å². The van der Waals surface area contributed by atoms with Crippen LogP contribution in [0.5, 0.6) is 0 Å². The summed E-state index contributed by atoms with van der Waals surface area (Å²) in [6.07, 6.45) is 2.39. The van der Waals surface area contributed by atoms with Crippen molar-refractivity contribution < 1.29 is 39.4 Å². The van der Waals surface area contributed by atoms with Crippen LogP contribution in [0.2, 0.25) is 0 Å². The smallest absolute Gasteiger partial charge is 0.229 e. The van der Waals surface area contributed by atoms with Gasteiger partial charge in [0.2, 0.25) is 11.8 Å². The van der Waals surface area contributed by atoms with Crippen LogP contribution in [0, 0.1) is 23.7 Å². The molecule has 8 atom stereocenters. The summed E-state index contributed by atoms with van der Waals surface area (Å²) in [5.41, 5.74) is 3.33. The lowest BCUT2D eigenvalue weighted by Gasteiger charge is -2.24. The zero-order valence-electron chi connectivity index (χ0n) is 22.6. The third kappa shape index (κ3) is 5.77. The molecule has 2 aliphatic carbocycles. The van der Waals surface area contributed by atoms with Gasteiger partial charge in [0, 0.05) is 35.8 Å². The van der Waals surface area contributed by atoms with Gasteiger partial charge >= 0.3 is 0 Å². The quantitative estimate of drug-likeness (QED) is 0.274. The van der Waals surface area contributed by atoms with Crippen molar-refractivity contribution in [2.75, 3.05) is 13.2 Å². The predicted molar refractivity (Wildman–Crippen MR) is 158 cm³/mol. The van der Waals surface area contributed by atoms with E-state index in [-0.39, 0.29) is 74.7 Å². The minimum absolute atomic E-state index is 0. The molecule has 6 aliphatic rings. The number of nitrogens with zero attached hydrogens (tertiary/aromatic N) is 2. The Morgan fingerprint density at radius 1 is 0.674 bits per heavy atom. The van der Waals surface area contributed by atoms with Gasteiger partial charge in [0.25, 0.3) is 0 Å². The Kier molecular flexibility index (Phi) is 10.2. The van der Waals surface area contributed by atoms with Gasteiger partial charge in [0.05, 0.1) is 31.2 Å². The number of carbonyl (C=O) groups excluding carboxylic acids is 3. The van der Waals surface area contributed by atoms with Crippen molar-refractivity contribution in [1.29, 1.82) is 0 Å². The summed E-state index contributed by atoms with van der Waals surface area (Å²) in [4.78, 5) is 40.5. The molecule has 2 aromatic rings. The zero-order valence-corrected chi connectivity index (χ0v) is 22.6. The molecule has 0 radical (unpaired) electrons. The summed E-state index contributed by atoms with van der Waals surface area (Å²) >= 11 is 0. The maximum atomic E-state index is 12.6. The van der Waals surface area contributed by atoms with Crippen LogP contribution >= 0.6 is 0 Å². The van der Waals surface area contributed by atoms with Crippen molar-refractivity contribution in [3.05, 3.63) is 83.9 Å². The highest BCUT2D eigenvalue weighted by molar-refractivity contribution is 5.93. The molecule has 4 saturated heterocycles. The van der Waals surface area contributed by atoms with E-state index in [4.69, 9.17) is 20.0 Å². The van der Waals surface area contributed by atoms with E-state index in [1.54, 1.807) is 0 Å². The van der Waals surface area contributed by atoms with Crippen LogP contribution in [0.1, 0.15) is 64.1 Å². The minimum atomic E-state index is -0.264. The summed E-state index contributed by atoms with van der Waals surface area (Å²) in [5, 5.41) is 15.5. The van der Waals surface area contributed by atoms with Gasteiger partial charge in [-0.05, 0) is 18.8 Å². The molecule has 232 valence electrons. The standard InChI is InChI=1S/C16H17NO2.C15H15NO3.2CH4.H2O3/c1-10-7-12-13(8-10)15(18)17-14(12)9-19-16(17)11-5-3-2-4-6-11;17-10-6-11-12(7-10)14(18)16-13(11)8-19-15(16)9-4-2-1-3-5-9;;;1-3-2/h2-6,12-14,16H,1,7-9H2;1-5,11-13,15H,6-8H2;2*1H4;1-2H/t12-,13?,14?,16-;11-,12?,13?,15-;;;/m00.../s1. The average Bonchev–Trinajstić information content (AvgIpc) is 3.81. The van der Waals surface area contributed by atoms with E-state index in [2.05, 4.69) is 11.6 Å². The van der Waals surface area contributed by atoms with Crippen molar-refractivity contribution in [3.8, 4) is 0 Å². The summed E-state index contributed by atoms with van der Waals surface area (Å²) in [6, 6.07) is 20.2. The molecule has 4 heterocycles. The average molecular weight is 595 g/mol. The summed E-state index contributed by atoms with van der Waals surface area (Å²) < 4.78 is 11.7. The molecule has 2 amide bonds. The van der Waals surface area contributed by atoms with Crippen LogP contribution in [0.3, 0.4) is 0 Å². The number of ketones is 1. The molecule has 0 bridgehead atoms. The lowest BCUT2D eigenvalue weighted by Crippen LogP contribution is -2.34. The highest BCUT2D eigenvalue weighted by Gasteiger charge is 2.58. The Morgan fingerprint density at radius 3 is 1.56 bits per heavy atom. The van der Waals surface area contributed by atoms with E-state index in [1.807, 2.05) is 70.5 Å². The molecule has 43 heavy (non-hydrogen) atoms. The number of amides is 2. The van der Waals surface area contributed by atoms with Crippen LogP contribution in [-0.2, 0) is 28.9 Å². The molecule has 10 nitrogen and oxygen atoms in total. The Bertz CT molecular complexity index is 1200. The lowest BCUT2D eigenvalue weighted by atomic mass is 9.94. The van der Waals surface area contributed by atoms with E-state index >= 15 is 0 Å². The maximum absolute atomic E-state index is 12.6. The second-order valence-electron chi connectivity index (χ2n) is 11.5. The van der Waals surface area contributed by atoms with Crippen LogP contribution in [0.15, 0.2) is 72.8 Å². The van der Waals surface area contributed by atoms with Crippen LogP contribution in [-0.4, -0.2) is 63.2 Å². The number of hydrogen-bond acceptors (Lipinski definition) is 8. The summed E-state index contributed by atoms with van der Waals surface area (Å²) in [5.74, 6) is 1.26. The predicted octanol–water partition coefficient (Wildman–Crippen LogP) is 5.25. The van der Waals surface area contributed by atoms with E-state index in [0.717, 1.165) is 24.0 Å². The normalized spacial score (nSPS) is 32.9. The first-order valence-electron chi connectivity index (χ1n) is 14.0. The topological polar surface area (TPSA) is 126 Å². The zero-order chi connectivity index (χ0) is 28.7. The Morgan fingerprint density at radius 2 is 1.09 bits per heavy atom. The van der Waals surface area contributed by atoms with Crippen molar-refractivity contribution in [3.63, 3.8) is 0 Å². The first-order valence-corrected chi connectivity index (χ1v) is 14.0. The molecule has 4 unspecified atom stereocenters. The Hall–Kier alpha value is -3.41. The number of fused-ring (bicyclic) bond motifs is 6. The molecule has 2 saturated carbocycles. The highest BCUT2D eigenvalue weighted by atomic mass is 17.4. The number of carbonyl (C=O) groups is 3. The monoisotopic (exact) mass is 594 g/mol. The minimum Gasteiger partial charge on any atom is -0.352 e. The fourth-order valence-corrected chi connectivity index (χ4v) is 7.65. The molecule has 0 aromatic heterocycles. The first kappa shape index (κ1) is 32.5. The molecule has 10 heteroatoms. The summed E-state index contributed by atoms with van der Waals surface area (Å²) in [6.45, 7) is 5.27. The maximum Gasteiger partial charge on any atom is 0.229 e. The molecule has 6 fully saturated rings. The molecule has 2 aromatic carbocycles. The molecular weight excluding hydrogens is 552 g/mol. The fourth-order valence-electron chi connectivity index (χ4n) is 7.65. The summed E-state index contributed by atoms with van der Waals surface area (Å²) in [7, 11) is 0. The number of rotatable bonds is 2. The number of Topliss-reactive ketones (excluding diaryl/α,β-unsaturated/α-hetero) is 1. The second kappa shape index (κ2) is 13.5. The number of allylic oxidation sites excluding steroid dienone is 1. The second-order valence-corrected chi connectivity index (χ2v) is 11.5. The largest absolute Gasteiger partial charge is 0.352 e. The van der Waals surface area contributed by atoms with Gasteiger partial charge in [-0.15, -0.1) is 0 Å². The van der Waals surface area contributed by atoms with Crippen molar-refractivity contribution >= 4 is 17.6 Å². The van der Waals surface area contributed by atoms with Gasteiger partial charge in [-0.3, -0.25) is 14.4 Å². The fraction of sp³-hybridized carbons (Fsp3) is 0.485. The Labute approximate surface area is 252 Å². The van der Waals surface area contributed by atoms with Gasteiger partial charge < -0.3 is 19.3 Å². The van der Waals surface area contributed by atoms with Crippen LogP contribution in [0.25, 0.3) is 0 Å². The van der Waals surface area contributed by atoms with Gasteiger partial charge in [0.1, 0.15) is 5.78 Å². The number of hydrogen-bond donors (Lipinski definition) is 2. The van der Waals surface area contributed by atoms with Gasteiger partial charge in [-0.2, -0.15) is 0 Å². The van der Waals surface area contributed by atoms with Gasteiger partial charge in [-0.25, -0.2) is 10.5 Å². The van der Waals surface area contributed by atoms with Gasteiger partial charge in [0.15, 0.2) is 12.5 Å². The Balaban J connectivity index is 0.000000173. The van der Waals surface area contributed by atoms with Crippen LogP contribution < -0.4 is 0 Å². The van der Waals surface area contributed by atoms with E-state index < -0.39 is 0 Å². The SMILES string of the molecule is C.C.C=C1CC2C(=O)N3C(CO[C@H]3c3ccccc3)[C@H]2C1.O=C1CC2C(=O)N3C(CO[C@H]3c3ccccc3)[C@H]2C1.OOO. The number of benzene rings is 2. The van der Waals surface area contributed by atoms with Gasteiger partial charge in [-0.1, -0.05) is 92.7 Å². The molecular formula is C33H42N2O8. The number of ether oxygens (including phenoxy) is 2. The van der Waals surface area contributed by atoms with Crippen LogP contribution in [0.4, 0.5) is 0 Å². The molecule has 0 spiro atoms. The molecule has 2 N–H and O–H groups in total. The van der Waals surface area contributed by atoms with Crippen molar-refractivity contribution in [2.45, 2.75) is 65.1 Å². The van der Waals surface area contributed by atoms with E-state index in [1.165, 1.54) is 5.57 Å². The molecule has 4 aliphatic heterocycles. The molecule has 8 rings (SSSR count). The van der Waals surface area contributed by atoms with E-state index in [9.17, 15) is 14.4 Å². The van der Waals surface area contributed by atoms with Crippen molar-refractivity contribution in [1.82, 2.24) is 9.80 Å².